The molecule has 0 aliphatic carbocycles. The lowest BCUT2D eigenvalue weighted by Crippen LogP contribution is -2.27. The van der Waals surface area contributed by atoms with Crippen LogP contribution in [0, 0.1) is 5.82 Å². The Kier molecular flexibility index (Phi) is 4.57. The molecule has 0 saturated heterocycles. The van der Waals surface area contributed by atoms with Crippen LogP contribution >= 0.6 is 15.9 Å². The summed E-state index contributed by atoms with van der Waals surface area (Å²) in [5, 5.41) is 0. The van der Waals surface area contributed by atoms with E-state index in [1.807, 2.05) is 0 Å². The quantitative estimate of drug-likeness (QED) is 0.907. The van der Waals surface area contributed by atoms with Crippen LogP contribution in [0.2, 0.25) is 0 Å². The molecule has 0 spiro atoms. The van der Waals surface area contributed by atoms with Gasteiger partial charge in [-0.25, -0.2) is 17.5 Å². The van der Waals surface area contributed by atoms with Gasteiger partial charge in [-0.05, 0) is 31.2 Å². The smallest absolute Gasteiger partial charge is 0.207 e. The molecule has 106 valence electrons. The van der Waals surface area contributed by atoms with Gasteiger partial charge in [-0.3, -0.25) is 0 Å². The molecule has 20 heavy (non-hydrogen) atoms. The van der Waals surface area contributed by atoms with Crippen LogP contribution in [-0.2, 0) is 10.0 Å². The summed E-state index contributed by atoms with van der Waals surface area (Å²) in [7, 11) is -3.69. The standard InChI is InChI=1S/C14H13BrFNO2S/c1-10(13-7-2-3-8-14(13)16)17-20(18,19)12-6-4-5-11(15)9-12/h2-10,17H,1H3. The van der Waals surface area contributed by atoms with Gasteiger partial charge in [0.2, 0.25) is 10.0 Å². The van der Waals surface area contributed by atoms with Crippen molar-refractivity contribution in [2.75, 3.05) is 0 Å². The number of halogens is 2. The second-order valence-corrected chi connectivity index (χ2v) is 6.95. The highest BCUT2D eigenvalue weighted by atomic mass is 79.9. The van der Waals surface area contributed by atoms with Crippen LogP contribution in [0.5, 0.6) is 0 Å². The second kappa shape index (κ2) is 6.03. The highest BCUT2D eigenvalue weighted by Gasteiger charge is 2.20. The number of sulfonamides is 1. The molecule has 0 aliphatic heterocycles. The van der Waals surface area contributed by atoms with Gasteiger partial charge >= 0.3 is 0 Å². The average molecular weight is 358 g/mol. The number of nitrogens with one attached hydrogen (secondary N) is 1. The molecule has 0 aromatic heterocycles. The molecule has 0 radical (unpaired) electrons. The zero-order valence-corrected chi connectivity index (χ0v) is 13.1. The minimum absolute atomic E-state index is 0.134. The van der Waals surface area contributed by atoms with Crippen LogP contribution in [0.15, 0.2) is 57.9 Å². The lowest BCUT2D eigenvalue weighted by Gasteiger charge is -2.15. The Labute approximate surface area is 126 Å². The van der Waals surface area contributed by atoms with E-state index in [0.717, 1.165) is 0 Å². The molecular weight excluding hydrogens is 345 g/mol. The van der Waals surface area contributed by atoms with Gasteiger partial charge in [-0.1, -0.05) is 40.2 Å². The first kappa shape index (κ1) is 15.2. The van der Waals surface area contributed by atoms with E-state index < -0.39 is 21.9 Å². The Morgan fingerprint density at radius 1 is 1.15 bits per heavy atom. The van der Waals surface area contributed by atoms with Crippen molar-refractivity contribution in [2.45, 2.75) is 17.9 Å². The molecule has 0 fully saturated rings. The fourth-order valence-corrected chi connectivity index (χ4v) is 3.64. The third-order valence-corrected chi connectivity index (χ3v) is 4.84. The molecule has 2 aromatic carbocycles. The largest absolute Gasteiger partial charge is 0.241 e. The zero-order valence-electron chi connectivity index (χ0n) is 10.7. The van der Waals surface area contributed by atoms with Gasteiger partial charge in [0.15, 0.2) is 0 Å². The van der Waals surface area contributed by atoms with Crippen LogP contribution in [0.4, 0.5) is 4.39 Å². The van der Waals surface area contributed by atoms with E-state index in [-0.39, 0.29) is 4.90 Å². The number of benzene rings is 2. The molecule has 2 aromatic rings. The zero-order chi connectivity index (χ0) is 14.8. The number of rotatable bonds is 4. The third-order valence-electron chi connectivity index (χ3n) is 2.81. The van der Waals surface area contributed by atoms with Crippen LogP contribution in [0.3, 0.4) is 0 Å². The summed E-state index contributed by atoms with van der Waals surface area (Å²) in [4.78, 5) is 0.134. The maximum absolute atomic E-state index is 13.6. The summed E-state index contributed by atoms with van der Waals surface area (Å²) in [6.07, 6.45) is 0. The Balaban J connectivity index is 2.27. The second-order valence-electron chi connectivity index (χ2n) is 4.32. The predicted molar refractivity (Wildman–Crippen MR) is 79.3 cm³/mol. The molecule has 1 unspecified atom stereocenters. The topological polar surface area (TPSA) is 46.2 Å². The maximum Gasteiger partial charge on any atom is 0.241 e. The van der Waals surface area contributed by atoms with Crippen molar-refractivity contribution in [3.8, 4) is 0 Å². The highest BCUT2D eigenvalue weighted by molar-refractivity contribution is 9.10. The van der Waals surface area contributed by atoms with Crippen LogP contribution in [0.25, 0.3) is 0 Å². The molecule has 6 heteroatoms. The summed E-state index contributed by atoms with van der Waals surface area (Å²) >= 11 is 3.23. The van der Waals surface area contributed by atoms with E-state index in [1.54, 1.807) is 37.3 Å². The Hall–Kier alpha value is -1.24. The number of hydrogen-bond acceptors (Lipinski definition) is 2. The summed E-state index contributed by atoms with van der Waals surface area (Å²) < 4.78 is 41.2. The molecule has 1 N–H and O–H groups in total. The lowest BCUT2D eigenvalue weighted by molar-refractivity contribution is 0.550. The molecule has 0 bridgehead atoms. The van der Waals surface area contributed by atoms with Gasteiger partial charge in [0.1, 0.15) is 5.82 Å². The van der Waals surface area contributed by atoms with Crippen molar-refractivity contribution in [1.29, 1.82) is 0 Å². The molecule has 3 nitrogen and oxygen atoms in total. The predicted octanol–water partition coefficient (Wildman–Crippen LogP) is 3.63. The van der Waals surface area contributed by atoms with E-state index in [0.29, 0.717) is 10.0 Å². The van der Waals surface area contributed by atoms with Crippen molar-refractivity contribution in [2.24, 2.45) is 0 Å². The van der Waals surface area contributed by atoms with Crippen molar-refractivity contribution in [3.05, 3.63) is 64.4 Å². The average Bonchev–Trinajstić information content (AvgIpc) is 2.38. The molecule has 0 saturated carbocycles. The van der Waals surface area contributed by atoms with E-state index in [2.05, 4.69) is 20.7 Å². The summed E-state index contributed by atoms with van der Waals surface area (Å²) in [6.45, 7) is 1.61. The van der Waals surface area contributed by atoms with Crippen LogP contribution < -0.4 is 4.72 Å². The van der Waals surface area contributed by atoms with Gasteiger partial charge < -0.3 is 0 Å². The van der Waals surface area contributed by atoms with Gasteiger partial charge in [0, 0.05) is 16.1 Å². The molecule has 1 atom stereocenters. The van der Waals surface area contributed by atoms with E-state index in [9.17, 15) is 12.8 Å². The van der Waals surface area contributed by atoms with Gasteiger partial charge in [0.05, 0.1) is 4.90 Å². The monoisotopic (exact) mass is 357 g/mol. The van der Waals surface area contributed by atoms with E-state index >= 15 is 0 Å². The molecule has 0 heterocycles. The van der Waals surface area contributed by atoms with E-state index in [4.69, 9.17) is 0 Å². The van der Waals surface area contributed by atoms with Crippen molar-refractivity contribution < 1.29 is 12.8 Å². The first-order valence-corrected chi connectivity index (χ1v) is 8.20. The van der Waals surface area contributed by atoms with Gasteiger partial charge in [0.25, 0.3) is 0 Å². The minimum atomic E-state index is -3.69. The fraction of sp³-hybridized carbons (Fsp3) is 0.143. The van der Waals surface area contributed by atoms with Crippen molar-refractivity contribution in [1.82, 2.24) is 4.72 Å². The number of hydrogen-bond donors (Lipinski definition) is 1. The van der Waals surface area contributed by atoms with Crippen LogP contribution in [-0.4, -0.2) is 8.42 Å². The first-order chi connectivity index (χ1) is 9.40. The Morgan fingerprint density at radius 3 is 2.50 bits per heavy atom. The Morgan fingerprint density at radius 2 is 1.85 bits per heavy atom. The highest BCUT2D eigenvalue weighted by Crippen LogP contribution is 2.21. The normalized spacial score (nSPS) is 13.2. The van der Waals surface area contributed by atoms with Gasteiger partial charge in [-0.15, -0.1) is 0 Å². The molecule has 0 aliphatic rings. The Bertz CT molecular complexity index is 719. The first-order valence-electron chi connectivity index (χ1n) is 5.92. The van der Waals surface area contributed by atoms with Gasteiger partial charge in [-0.2, -0.15) is 0 Å². The molecular formula is C14H13BrFNO2S. The van der Waals surface area contributed by atoms with Crippen molar-refractivity contribution in [3.63, 3.8) is 0 Å². The summed E-state index contributed by atoms with van der Waals surface area (Å²) in [6, 6.07) is 11.8. The molecule has 2 rings (SSSR count). The minimum Gasteiger partial charge on any atom is -0.207 e. The van der Waals surface area contributed by atoms with Crippen LogP contribution in [0.1, 0.15) is 18.5 Å². The summed E-state index contributed by atoms with van der Waals surface area (Å²) in [5.41, 5.74) is 0.311. The molecule has 0 amide bonds. The lowest BCUT2D eigenvalue weighted by atomic mass is 10.1. The SMILES string of the molecule is CC(NS(=O)(=O)c1cccc(Br)c1)c1ccccc1F. The summed E-state index contributed by atoms with van der Waals surface area (Å²) in [5.74, 6) is -0.433. The van der Waals surface area contributed by atoms with E-state index in [1.165, 1.54) is 18.2 Å². The van der Waals surface area contributed by atoms with Crippen molar-refractivity contribution >= 4 is 26.0 Å². The third kappa shape index (κ3) is 3.45. The maximum atomic E-state index is 13.6. The fourth-order valence-electron chi connectivity index (χ4n) is 1.82.